The van der Waals surface area contributed by atoms with Crippen LogP contribution >= 0.6 is 11.8 Å². The number of aryl methyl sites for hydroxylation is 1. The lowest BCUT2D eigenvalue weighted by Crippen LogP contribution is -2.34. The summed E-state index contributed by atoms with van der Waals surface area (Å²) >= 11 is 1.75. The summed E-state index contributed by atoms with van der Waals surface area (Å²) in [4.78, 5) is 13.1. The van der Waals surface area contributed by atoms with Gasteiger partial charge in [0.1, 0.15) is 36.1 Å². The number of nitrogens with zero attached hydrogens (tertiary/aromatic N) is 3. The van der Waals surface area contributed by atoms with Crippen LogP contribution in [0.5, 0.6) is 5.88 Å². The van der Waals surface area contributed by atoms with Crippen molar-refractivity contribution in [2.75, 3.05) is 36.8 Å². The summed E-state index contributed by atoms with van der Waals surface area (Å²) in [6.07, 6.45) is 5.57. The summed E-state index contributed by atoms with van der Waals surface area (Å²) in [6, 6.07) is 7.37. The minimum Gasteiger partial charge on any atom is -0.468 e. The average molecular weight is 458 g/mol. The van der Waals surface area contributed by atoms with Gasteiger partial charge in [0.05, 0.1) is 18.7 Å². The van der Waals surface area contributed by atoms with Crippen LogP contribution < -0.4 is 15.8 Å². The van der Waals surface area contributed by atoms with Gasteiger partial charge >= 0.3 is 0 Å². The molecule has 170 valence electrons. The lowest BCUT2D eigenvalue weighted by Gasteiger charge is -2.19. The molecule has 2 fully saturated rings. The summed E-state index contributed by atoms with van der Waals surface area (Å²) in [5, 5.41) is 14.1. The van der Waals surface area contributed by atoms with Crippen molar-refractivity contribution in [2.24, 2.45) is 0 Å². The maximum Gasteiger partial charge on any atom is 0.238 e. The molecule has 2 aliphatic heterocycles. The number of nitrogens with one attached hydrogen (secondary N) is 1. The van der Waals surface area contributed by atoms with Crippen LogP contribution in [0.15, 0.2) is 36.8 Å². The van der Waals surface area contributed by atoms with E-state index in [0.29, 0.717) is 29.7 Å². The number of ether oxygens (including phenoxy) is 3. The zero-order valence-corrected chi connectivity index (χ0v) is 19.0. The Morgan fingerprint density at radius 1 is 1.16 bits per heavy atom. The molecule has 2 aromatic heterocycles. The van der Waals surface area contributed by atoms with Crippen molar-refractivity contribution in [1.82, 2.24) is 15.0 Å². The van der Waals surface area contributed by atoms with Gasteiger partial charge in [-0.3, -0.25) is 0 Å². The molecular weight excluding hydrogens is 430 g/mol. The largest absolute Gasteiger partial charge is 0.468 e. The fourth-order valence-corrected chi connectivity index (χ4v) is 3.91. The van der Waals surface area contributed by atoms with Crippen LogP contribution in [-0.4, -0.2) is 70.2 Å². The summed E-state index contributed by atoms with van der Waals surface area (Å²) in [5.41, 5.74) is 8.98. The number of benzene rings is 1. The molecule has 0 aliphatic carbocycles. The van der Waals surface area contributed by atoms with Crippen molar-refractivity contribution in [1.29, 1.82) is 0 Å². The Morgan fingerprint density at radius 3 is 2.75 bits per heavy atom. The van der Waals surface area contributed by atoms with Gasteiger partial charge in [0.25, 0.3) is 0 Å². The van der Waals surface area contributed by atoms with E-state index in [0.717, 1.165) is 16.5 Å². The summed E-state index contributed by atoms with van der Waals surface area (Å²) in [6.45, 7) is 2.54. The first-order valence-corrected chi connectivity index (χ1v) is 11.9. The molecule has 4 heterocycles. The van der Waals surface area contributed by atoms with Crippen molar-refractivity contribution in [3.05, 3.63) is 42.4 Å². The Balaban J connectivity index is 0.000000775. The normalized spacial score (nSPS) is 24.0. The number of hydrogen-bond donors (Lipinski definition) is 3. The van der Waals surface area contributed by atoms with E-state index < -0.39 is 6.10 Å². The van der Waals surface area contributed by atoms with Gasteiger partial charge in [-0.15, -0.1) is 0 Å². The number of nitrogen functional groups attached to an aromatic ring is 1. The molecule has 10 heteroatoms. The number of pyridine rings is 1. The second-order valence-electron chi connectivity index (χ2n) is 7.66. The van der Waals surface area contributed by atoms with E-state index >= 15 is 0 Å². The van der Waals surface area contributed by atoms with Crippen LogP contribution in [0.4, 0.5) is 17.2 Å². The molecule has 4 atom stereocenters. The quantitative estimate of drug-likeness (QED) is 0.503. The third kappa shape index (κ3) is 4.58. The lowest BCUT2D eigenvalue weighted by atomic mass is 10.1. The van der Waals surface area contributed by atoms with Crippen molar-refractivity contribution in [2.45, 2.75) is 31.3 Å². The first-order valence-electron chi connectivity index (χ1n) is 10.2. The average Bonchev–Trinajstić information content (AvgIpc) is 3.33. The highest BCUT2D eigenvalue weighted by atomic mass is 32.2. The van der Waals surface area contributed by atoms with Gasteiger partial charge in [0.15, 0.2) is 6.10 Å². The highest BCUT2D eigenvalue weighted by molar-refractivity contribution is 7.97. The van der Waals surface area contributed by atoms with E-state index in [1.807, 2.05) is 43.7 Å². The fourth-order valence-electron chi connectivity index (χ4n) is 3.91. The Morgan fingerprint density at radius 2 is 1.94 bits per heavy atom. The van der Waals surface area contributed by atoms with E-state index in [4.69, 9.17) is 19.9 Å². The first-order chi connectivity index (χ1) is 15.5. The second-order valence-corrected chi connectivity index (χ2v) is 8.48. The number of hydrogen-bond acceptors (Lipinski definition) is 10. The van der Waals surface area contributed by atoms with E-state index in [9.17, 15) is 5.11 Å². The monoisotopic (exact) mass is 457 g/mol. The molecule has 4 N–H and O–H groups in total. The zero-order chi connectivity index (χ0) is 22.7. The van der Waals surface area contributed by atoms with Crippen LogP contribution in [0.3, 0.4) is 0 Å². The molecule has 32 heavy (non-hydrogen) atoms. The number of rotatable bonds is 4. The van der Waals surface area contributed by atoms with Crippen LogP contribution in [-0.2, 0) is 9.47 Å². The topological polar surface area (TPSA) is 125 Å². The van der Waals surface area contributed by atoms with Crippen LogP contribution in [0, 0.1) is 6.92 Å². The number of aliphatic hydroxyl groups excluding tert-OH is 1. The van der Waals surface area contributed by atoms with Crippen LogP contribution in [0.2, 0.25) is 0 Å². The number of aromatic nitrogens is 3. The van der Waals surface area contributed by atoms with Gasteiger partial charge in [-0.25, -0.2) is 15.0 Å². The Kier molecular flexibility index (Phi) is 6.95. The molecule has 2 aliphatic rings. The smallest absolute Gasteiger partial charge is 0.238 e. The maximum absolute atomic E-state index is 9.92. The van der Waals surface area contributed by atoms with Crippen molar-refractivity contribution in [3.63, 3.8) is 0 Å². The molecule has 9 nitrogen and oxygen atoms in total. The maximum atomic E-state index is 9.92. The Bertz CT molecular complexity index is 1090. The predicted molar refractivity (Wildman–Crippen MR) is 126 cm³/mol. The zero-order valence-electron chi connectivity index (χ0n) is 18.2. The van der Waals surface area contributed by atoms with E-state index in [2.05, 4.69) is 20.3 Å². The molecule has 0 radical (unpaired) electrons. The van der Waals surface area contributed by atoms with Crippen molar-refractivity contribution >= 4 is 39.9 Å². The minimum absolute atomic E-state index is 0.248. The molecule has 4 unspecified atom stereocenters. The van der Waals surface area contributed by atoms with E-state index in [1.54, 1.807) is 18.0 Å². The van der Waals surface area contributed by atoms with Gasteiger partial charge in [-0.2, -0.15) is 11.8 Å². The summed E-state index contributed by atoms with van der Waals surface area (Å²) in [5.74, 6) is 1.05. The highest BCUT2D eigenvalue weighted by Crippen LogP contribution is 2.34. The second kappa shape index (κ2) is 9.86. The van der Waals surface area contributed by atoms with Gasteiger partial charge in [-0.1, -0.05) is 0 Å². The number of anilines is 3. The fraction of sp³-hybridized carbons (Fsp3) is 0.409. The van der Waals surface area contributed by atoms with Gasteiger partial charge < -0.3 is 30.4 Å². The highest BCUT2D eigenvalue weighted by Gasteiger charge is 2.48. The van der Waals surface area contributed by atoms with E-state index in [1.165, 1.54) is 6.33 Å². The van der Waals surface area contributed by atoms with Crippen LogP contribution in [0.25, 0.3) is 10.9 Å². The Hall–Kier alpha value is -2.66. The molecule has 0 bridgehead atoms. The number of aliphatic hydroxyl groups is 1. The van der Waals surface area contributed by atoms with Gasteiger partial charge in [0, 0.05) is 17.3 Å². The molecule has 0 amide bonds. The predicted octanol–water partition coefficient (Wildman–Crippen LogP) is 2.54. The lowest BCUT2D eigenvalue weighted by molar-refractivity contribution is 0.00795. The first kappa shape index (κ1) is 22.5. The number of thioether (sulfide) groups is 1. The molecule has 3 aromatic rings. The van der Waals surface area contributed by atoms with Crippen molar-refractivity contribution in [3.8, 4) is 5.88 Å². The Labute approximate surface area is 190 Å². The minimum atomic E-state index is -0.627. The molecule has 2 saturated heterocycles. The molecule has 0 saturated carbocycles. The third-order valence-corrected chi connectivity index (χ3v) is 5.23. The van der Waals surface area contributed by atoms with Gasteiger partial charge in [0.2, 0.25) is 5.88 Å². The number of nitrogens with two attached hydrogens (primary N) is 1. The summed E-state index contributed by atoms with van der Waals surface area (Å²) < 4.78 is 17.4. The SMILES string of the molecule is CSC.Cc1cc(N)cc2ncnc(Nc3cccnc3OC3COC4C(O)COC34)c12. The standard InChI is InChI=1S/C20H21N5O4.C2H6S/c1-10-5-11(21)6-13-16(10)19(24-9-23-13)25-12-3-2-4-22-20(12)29-15-8-28-17-14(26)7-27-18(15)17;1-3-2/h2-6,9,14-15,17-18,26H,7-8,21H2,1H3,(H,23,24,25);1-2H3. The van der Waals surface area contributed by atoms with Crippen LogP contribution in [0.1, 0.15) is 5.56 Å². The molecule has 5 rings (SSSR count). The van der Waals surface area contributed by atoms with Gasteiger partial charge in [-0.05, 0) is 49.3 Å². The number of fused-ring (bicyclic) bond motifs is 2. The molecule has 0 spiro atoms. The molecular formula is C22H27N5O4S. The van der Waals surface area contributed by atoms with E-state index in [-0.39, 0.29) is 24.9 Å². The van der Waals surface area contributed by atoms with Crippen molar-refractivity contribution < 1.29 is 19.3 Å². The molecule has 1 aromatic carbocycles. The summed E-state index contributed by atoms with van der Waals surface area (Å²) in [7, 11) is 0. The third-order valence-electron chi connectivity index (χ3n) is 5.23.